The lowest BCUT2D eigenvalue weighted by molar-refractivity contribution is -0.135. The lowest BCUT2D eigenvalue weighted by Gasteiger charge is -2.20. The minimum Gasteiger partial charge on any atom is -0.466 e. The minimum absolute atomic E-state index is 0.162. The highest BCUT2D eigenvalue weighted by Gasteiger charge is 2.32. The summed E-state index contributed by atoms with van der Waals surface area (Å²) in [5.74, 6) is -5.74. The quantitative estimate of drug-likeness (QED) is 0.272. The SMILES string of the molecule is COC(=O)/C=C/c1c(/C=C/C(=O)OC)c(C(=O)OC)c(C(=O)OC)c(/C=C/C(=O)OC)c1C(=O)OC. The molecule has 12 nitrogen and oxygen atoms in total. The standard InChI is InChI=1S/C24H24O12/c1-31-16(25)10-7-13-14(8-11-17(26)32-2)20(23(29)35-5)21(24(30)36-6)15(9-12-18(27)33-3)19(13)22(28)34-4/h7-12H,1-6H3/b10-7+,11-8+,12-9+. The Hall–Kier alpha value is -4.74. The fourth-order valence-corrected chi connectivity index (χ4v) is 2.93. The lowest BCUT2D eigenvalue weighted by Crippen LogP contribution is -2.21. The monoisotopic (exact) mass is 504 g/mol. The third-order valence-corrected chi connectivity index (χ3v) is 4.55. The van der Waals surface area contributed by atoms with Crippen LogP contribution in [0.4, 0.5) is 0 Å². The molecule has 0 amide bonds. The summed E-state index contributed by atoms with van der Waals surface area (Å²) >= 11 is 0. The first-order valence-corrected chi connectivity index (χ1v) is 9.88. The van der Waals surface area contributed by atoms with E-state index in [0.29, 0.717) is 0 Å². The van der Waals surface area contributed by atoms with Crippen molar-refractivity contribution in [3.8, 4) is 0 Å². The molecule has 36 heavy (non-hydrogen) atoms. The van der Waals surface area contributed by atoms with Crippen molar-refractivity contribution in [3.63, 3.8) is 0 Å². The first kappa shape index (κ1) is 29.3. The van der Waals surface area contributed by atoms with Gasteiger partial charge in [0.05, 0.1) is 59.3 Å². The van der Waals surface area contributed by atoms with E-state index in [1.54, 1.807) is 0 Å². The van der Waals surface area contributed by atoms with Crippen molar-refractivity contribution >= 4 is 54.0 Å². The van der Waals surface area contributed by atoms with Gasteiger partial charge in [0.15, 0.2) is 0 Å². The number of methoxy groups -OCH3 is 6. The van der Waals surface area contributed by atoms with Gasteiger partial charge in [-0.2, -0.15) is 0 Å². The summed E-state index contributed by atoms with van der Waals surface area (Å²) in [6, 6.07) is 0. The number of carbonyl (C=O) groups excluding carboxylic acids is 6. The van der Waals surface area contributed by atoms with Crippen molar-refractivity contribution in [2.75, 3.05) is 42.7 Å². The Morgan fingerprint density at radius 2 is 0.694 bits per heavy atom. The molecule has 0 unspecified atom stereocenters. The van der Waals surface area contributed by atoms with E-state index in [0.717, 1.165) is 79.1 Å². The molecule has 0 bridgehead atoms. The molecule has 0 N–H and O–H groups in total. The fraction of sp³-hybridized carbons (Fsp3) is 0.250. The maximum Gasteiger partial charge on any atom is 0.339 e. The first-order chi connectivity index (χ1) is 17.1. The summed E-state index contributed by atoms with van der Waals surface area (Å²) in [6.45, 7) is 0. The Labute approximate surface area is 206 Å². The van der Waals surface area contributed by atoms with E-state index in [-0.39, 0.29) is 22.3 Å². The van der Waals surface area contributed by atoms with Crippen molar-refractivity contribution in [1.82, 2.24) is 0 Å². The van der Waals surface area contributed by atoms with Gasteiger partial charge in [0.2, 0.25) is 0 Å². The van der Waals surface area contributed by atoms with Crippen molar-refractivity contribution in [1.29, 1.82) is 0 Å². The number of ether oxygens (including phenoxy) is 6. The van der Waals surface area contributed by atoms with Gasteiger partial charge in [0.1, 0.15) is 0 Å². The van der Waals surface area contributed by atoms with E-state index in [9.17, 15) is 28.8 Å². The number of hydrogen-bond acceptors (Lipinski definition) is 12. The van der Waals surface area contributed by atoms with Crippen LogP contribution < -0.4 is 0 Å². The van der Waals surface area contributed by atoms with Crippen LogP contribution in [-0.4, -0.2) is 78.5 Å². The molecule has 0 heterocycles. The van der Waals surface area contributed by atoms with Crippen LogP contribution in [0.3, 0.4) is 0 Å². The number of rotatable bonds is 9. The highest BCUT2D eigenvalue weighted by atomic mass is 16.5. The molecule has 1 aromatic carbocycles. The maximum atomic E-state index is 12.9. The molecular weight excluding hydrogens is 480 g/mol. The molecule has 0 atom stereocenters. The maximum absolute atomic E-state index is 12.9. The third kappa shape index (κ3) is 6.88. The summed E-state index contributed by atoms with van der Waals surface area (Å²) in [6.07, 6.45) is 5.90. The number of esters is 6. The number of hydrogen-bond donors (Lipinski definition) is 0. The van der Waals surface area contributed by atoms with Crippen LogP contribution in [-0.2, 0) is 42.8 Å². The van der Waals surface area contributed by atoms with E-state index in [1.165, 1.54) is 0 Å². The lowest BCUT2D eigenvalue weighted by atomic mass is 9.85. The second kappa shape index (κ2) is 13.8. The molecule has 0 radical (unpaired) electrons. The fourth-order valence-electron chi connectivity index (χ4n) is 2.93. The van der Waals surface area contributed by atoms with Crippen LogP contribution in [0, 0.1) is 0 Å². The average molecular weight is 504 g/mol. The second-order valence-corrected chi connectivity index (χ2v) is 6.41. The Balaban J connectivity index is 4.53. The van der Waals surface area contributed by atoms with Crippen molar-refractivity contribution in [3.05, 3.63) is 51.6 Å². The van der Waals surface area contributed by atoms with Crippen molar-refractivity contribution < 1.29 is 57.2 Å². The molecule has 0 fully saturated rings. The van der Waals surface area contributed by atoms with E-state index < -0.39 is 46.9 Å². The molecule has 1 rings (SSSR count). The second-order valence-electron chi connectivity index (χ2n) is 6.41. The highest BCUT2D eigenvalue weighted by molar-refractivity contribution is 6.14. The van der Waals surface area contributed by atoms with Gasteiger partial charge in [0, 0.05) is 23.8 Å². The Morgan fingerprint density at radius 1 is 0.417 bits per heavy atom. The molecule has 0 spiro atoms. The zero-order valence-corrected chi connectivity index (χ0v) is 20.4. The van der Waals surface area contributed by atoms with Crippen molar-refractivity contribution in [2.45, 2.75) is 0 Å². The molecule has 1 aromatic rings. The normalized spacial score (nSPS) is 10.8. The zero-order valence-electron chi connectivity index (χ0n) is 20.4. The summed E-state index contributed by atoms with van der Waals surface area (Å²) in [7, 11) is 6.40. The van der Waals surface area contributed by atoms with Gasteiger partial charge >= 0.3 is 35.8 Å². The van der Waals surface area contributed by atoms with E-state index in [4.69, 9.17) is 14.2 Å². The number of benzene rings is 1. The highest BCUT2D eigenvalue weighted by Crippen LogP contribution is 2.34. The topological polar surface area (TPSA) is 158 Å². The molecular formula is C24H24O12. The van der Waals surface area contributed by atoms with Crippen LogP contribution in [0.2, 0.25) is 0 Å². The first-order valence-electron chi connectivity index (χ1n) is 9.88. The summed E-state index contributed by atoms with van der Waals surface area (Å²) in [5, 5.41) is 0. The molecule has 0 saturated heterocycles. The Morgan fingerprint density at radius 3 is 1.03 bits per heavy atom. The van der Waals surface area contributed by atoms with E-state index in [2.05, 4.69) is 14.2 Å². The van der Waals surface area contributed by atoms with Gasteiger partial charge in [-0.05, 0) is 29.4 Å². The number of carbonyl (C=O) groups is 6. The minimum atomic E-state index is -1.10. The smallest absolute Gasteiger partial charge is 0.339 e. The zero-order chi connectivity index (χ0) is 27.4. The van der Waals surface area contributed by atoms with Crippen LogP contribution in [0.25, 0.3) is 18.2 Å². The largest absolute Gasteiger partial charge is 0.466 e. The summed E-state index contributed by atoms with van der Waals surface area (Å²) in [4.78, 5) is 74.2. The van der Waals surface area contributed by atoms with Gasteiger partial charge in [0.25, 0.3) is 0 Å². The molecule has 0 saturated carbocycles. The Bertz CT molecular complexity index is 1150. The molecule has 192 valence electrons. The molecule has 0 aliphatic rings. The van der Waals surface area contributed by atoms with Gasteiger partial charge in [-0.1, -0.05) is 0 Å². The molecule has 0 aliphatic heterocycles. The summed E-state index contributed by atoms with van der Waals surface area (Å²) < 4.78 is 28.2. The van der Waals surface area contributed by atoms with E-state index in [1.807, 2.05) is 0 Å². The van der Waals surface area contributed by atoms with Gasteiger partial charge in [-0.15, -0.1) is 0 Å². The predicted molar refractivity (Wildman–Crippen MR) is 124 cm³/mol. The van der Waals surface area contributed by atoms with Crippen LogP contribution >= 0.6 is 0 Å². The Kier molecular flexibility index (Phi) is 11.3. The van der Waals surface area contributed by atoms with Crippen molar-refractivity contribution in [2.24, 2.45) is 0 Å². The van der Waals surface area contributed by atoms with Gasteiger partial charge < -0.3 is 28.4 Å². The average Bonchev–Trinajstić information content (AvgIpc) is 2.90. The predicted octanol–water partition coefficient (Wildman–Crippen LogP) is 1.60. The molecule has 0 aromatic heterocycles. The van der Waals surface area contributed by atoms with Gasteiger partial charge in [-0.3, -0.25) is 0 Å². The van der Waals surface area contributed by atoms with Crippen LogP contribution in [0.5, 0.6) is 0 Å². The summed E-state index contributed by atoms with van der Waals surface area (Å²) in [5.41, 5.74) is -1.97. The van der Waals surface area contributed by atoms with E-state index >= 15 is 0 Å². The third-order valence-electron chi connectivity index (χ3n) is 4.55. The van der Waals surface area contributed by atoms with Crippen LogP contribution in [0.1, 0.15) is 47.8 Å². The molecule has 0 aliphatic carbocycles. The van der Waals surface area contributed by atoms with Gasteiger partial charge in [-0.25, -0.2) is 28.8 Å². The van der Waals surface area contributed by atoms with Crippen LogP contribution in [0.15, 0.2) is 18.2 Å². The molecule has 12 heteroatoms.